The molecular formula is C19H34N2O. The maximum absolute atomic E-state index is 10.9. The van der Waals surface area contributed by atoms with Crippen LogP contribution in [0.3, 0.4) is 0 Å². The van der Waals surface area contributed by atoms with E-state index in [0.29, 0.717) is 17.7 Å². The van der Waals surface area contributed by atoms with Gasteiger partial charge in [0.05, 0.1) is 0 Å². The van der Waals surface area contributed by atoms with Gasteiger partial charge in [-0.05, 0) is 78.5 Å². The third-order valence-corrected chi connectivity index (χ3v) is 5.09. The summed E-state index contributed by atoms with van der Waals surface area (Å²) < 4.78 is 0. The Morgan fingerprint density at radius 2 is 1.05 bits per heavy atom. The minimum absolute atomic E-state index is 0.186. The van der Waals surface area contributed by atoms with Crippen LogP contribution < -0.4 is 0 Å². The summed E-state index contributed by atoms with van der Waals surface area (Å²) in [6.07, 6.45) is 0. The predicted octanol–water partition coefficient (Wildman–Crippen LogP) is 4.38. The number of phenolic OH excluding ortho intramolecular Hbond substituents is 1. The Hall–Kier alpha value is -1.06. The zero-order valence-corrected chi connectivity index (χ0v) is 16.1. The van der Waals surface area contributed by atoms with Gasteiger partial charge in [-0.2, -0.15) is 0 Å². The Balaban J connectivity index is 3.79. The highest BCUT2D eigenvalue weighted by Crippen LogP contribution is 2.43. The lowest BCUT2D eigenvalue weighted by atomic mass is 9.82. The van der Waals surface area contributed by atoms with Gasteiger partial charge < -0.3 is 14.9 Å². The van der Waals surface area contributed by atoms with Gasteiger partial charge in [-0.3, -0.25) is 0 Å². The molecule has 0 aliphatic carbocycles. The fourth-order valence-electron chi connectivity index (χ4n) is 3.43. The Morgan fingerprint density at radius 1 is 0.682 bits per heavy atom. The first kappa shape index (κ1) is 19.0. The van der Waals surface area contributed by atoms with E-state index in [1.807, 2.05) is 0 Å². The Bertz CT molecular complexity index is 492. The second-order valence-electron chi connectivity index (χ2n) is 7.27. The number of rotatable bonds is 5. The Kier molecular flexibility index (Phi) is 6.05. The van der Waals surface area contributed by atoms with Crippen LogP contribution >= 0.6 is 0 Å². The molecule has 1 aromatic carbocycles. The van der Waals surface area contributed by atoms with Crippen LogP contribution in [0.1, 0.15) is 73.5 Å². The summed E-state index contributed by atoms with van der Waals surface area (Å²) >= 11 is 0. The van der Waals surface area contributed by atoms with Gasteiger partial charge in [0.15, 0.2) is 0 Å². The molecule has 0 aromatic heterocycles. The van der Waals surface area contributed by atoms with Crippen molar-refractivity contribution in [3.8, 4) is 5.75 Å². The summed E-state index contributed by atoms with van der Waals surface area (Å²) in [5.41, 5.74) is 5.99. The van der Waals surface area contributed by atoms with Crippen molar-refractivity contribution in [2.45, 2.75) is 59.5 Å². The molecule has 3 heteroatoms. The predicted molar refractivity (Wildman–Crippen MR) is 95.9 cm³/mol. The number of phenols is 1. The highest BCUT2D eigenvalue weighted by atomic mass is 16.3. The van der Waals surface area contributed by atoms with Crippen LogP contribution in [0.15, 0.2) is 0 Å². The van der Waals surface area contributed by atoms with Crippen LogP contribution in [-0.2, 0) is 0 Å². The average Bonchev–Trinajstić information content (AvgIpc) is 2.37. The van der Waals surface area contributed by atoms with Crippen molar-refractivity contribution in [2.75, 3.05) is 28.2 Å². The van der Waals surface area contributed by atoms with E-state index in [4.69, 9.17) is 0 Å². The van der Waals surface area contributed by atoms with Crippen molar-refractivity contribution >= 4 is 0 Å². The molecule has 22 heavy (non-hydrogen) atoms. The first-order chi connectivity index (χ1) is 10.0. The summed E-state index contributed by atoms with van der Waals surface area (Å²) in [4.78, 5) is 4.40. The van der Waals surface area contributed by atoms with Crippen molar-refractivity contribution < 1.29 is 5.11 Å². The van der Waals surface area contributed by atoms with Crippen molar-refractivity contribution in [2.24, 2.45) is 0 Å². The van der Waals surface area contributed by atoms with Gasteiger partial charge in [0.2, 0.25) is 0 Å². The molecule has 2 unspecified atom stereocenters. The Labute approximate surface area is 136 Å². The monoisotopic (exact) mass is 306 g/mol. The van der Waals surface area contributed by atoms with E-state index in [0.717, 1.165) is 11.1 Å². The van der Waals surface area contributed by atoms with E-state index in [1.165, 1.54) is 16.7 Å². The summed E-state index contributed by atoms with van der Waals surface area (Å²) in [6, 6.07) is 0.512. The molecular weight excluding hydrogens is 272 g/mol. The standard InChI is InChI=1S/C19H34N2O/c1-11(2)16-12(3)17(14(5)20(7)8)13(4)18(19(16)22)15(6)21(9)10/h11,14-15,22H,1-10H3. The molecule has 1 rings (SSSR count). The third kappa shape index (κ3) is 3.31. The molecule has 0 fully saturated rings. The number of hydrogen-bond donors (Lipinski definition) is 1. The SMILES string of the molecule is Cc1c(C(C)C)c(O)c(C(C)N(C)C)c(C)c1C(C)N(C)C. The van der Waals surface area contributed by atoms with E-state index in [1.54, 1.807) is 0 Å². The number of benzene rings is 1. The van der Waals surface area contributed by atoms with Crippen LogP contribution in [-0.4, -0.2) is 43.1 Å². The molecule has 3 nitrogen and oxygen atoms in total. The van der Waals surface area contributed by atoms with Crippen LogP contribution in [0.5, 0.6) is 5.75 Å². The van der Waals surface area contributed by atoms with Crippen molar-refractivity contribution in [3.63, 3.8) is 0 Å². The summed E-state index contributed by atoms with van der Waals surface area (Å²) in [6.45, 7) is 13.0. The molecule has 1 aromatic rings. The maximum atomic E-state index is 10.9. The molecule has 0 amide bonds. The van der Waals surface area contributed by atoms with Crippen LogP contribution in [0.25, 0.3) is 0 Å². The zero-order valence-electron chi connectivity index (χ0n) is 16.1. The van der Waals surface area contributed by atoms with Crippen molar-refractivity contribution in [3.05, 3.63) is 27.8 Å². The van der Waals surface area contributed by atoms with Crippen molar-refractivity contribution in [1.82, 2.24) is 9.80 Å². The molecule has 0 saturated carbocycles. The minimum Gasteiger partial charge on any atom is -0.507 e. The number of aromatic hydroxyl groups is 1. The second kappa shape index (κ2) is 7.01. The van der Waals surface area contributed by atoms with Crippen LogP contribution in [0.2, 0.25) is 0 Å². The highest BCUT2D eigenvalue weighted by molar-refractivity contribution is 5.57. The van der Waals surface area contributed by atoms with Crippen LogP contribution in [0.4, 0.5) is 0 Å². The zero-order chi connectivity index (χ0) is 17.4. The maximum Gasteiger partial charge on any atom is 0.124 e. The summed E-state index contributed by atoms with van der Waals surface area (Å²) in [5, 5.41) is 10.9. The average molecular weight is 306 g/mol. The number of nitrogens with zero attached hydrogens (tertiary/aromatic N) is 2. The normalized spacial score (nSPS) is 15.0. The molecule has 0 aliphatic heterocycles. The van der Waals surface area contributed by atoms with Gasteiger partial charge >= 0.3 is 0 Å². The lowest BCUT2D eigenvalue weighted by molar-refractivity contribution is 0.302. The summed E-state index contributed by atoms with van der Waals surface area (Å²) in [7, 11) is 8.35. The molecule has 0 spiro atoms. The fraction of sp³-hybridized carbons (Fsp3) is 0.684. The lowest BCUT2D eigenvalue weighted by Crippen LogP contribution is -2.23. The van der Waals surface area contributed by atoms with Gasteiger partial charge in [-0.25, -0.2) is 0 Å². The molecule has 0 heterocycles. The minimum atomic E-state index is 0.186. The van der Waals surface area contributed by atoms with Gasteiger partial charge in [0.25, 0.3) is 0 Å². The van der Waals surface area contributed by atoms with Gasteiger partial charge in [-0.15, -0.1) is 0 Å². The van der Waals surface area contributed by atoms with Gasteiger partial charge in [0, 0.05) is 23.2 Å². The highest BCUT2D eigenvalue weighted by Gasteiger charge is 2.27. The topological polar surface area (TPSA) is 26.7 Å². The van der Waals surface area contributed by atoms with Gasteiger partial charge in [-0.1, -0.05) is 13.8 Å². The largest absolute Gasteiger partial charge is 0.507 e. The van der Waals surface area contributed by atoms with E-state index in [2.05, 4.69) is 79.5 Å². The number of hydrogen-bond acceptors (Lipinski definition) is 3. The van der Waals surface area contributed by atoms with E-state index in [9.17, 15) is 5.11 Å². The molecule has 126 valence electrons. The van der Waals surface area contributed by atoms with Crippen molar-refractivity contribution in [1.29, 1.82) is 0 Å². The molecule has 0 bridgehead atoms. The first-order valence-electron chi connectivity index (χ1n) is 8.20. The third-order valence-electron chi connectivity index (χ3n) is 5.09. The lowest BCUT2D eigenvalue weighted by Gasteiger charge is -2.32. The molecule has 2 atom stereocenters. The van der Waals surface area contributed by atoms with Crippen LogP contribution in [0, 0.1) is 13.8 Å². The molecule has 0 saturated heterocycles. The molecule has 1 N–H and O–H groups in total. The van der Waals surface area contributed by atoms with Gasteiger partial charge in [0.1, 0.15) is 5.75 Å². The molecule has 0 aliphatic rings. The van der Waals surface area contributed by atoms with E-state index in [-0.39, 0.29) is 6.04 Å². The molecule has 0 radical (unpaired) electrons. The fourth-order valence-corrected chi connectivity index (χ4v) is 3.43. The smallest absolute Gasteiger partial charge is 0.124 e. The first-order valence-corrected chi connectivity index (χ1v) is 8.20. The quantitative estimate of drug-likeness (QED) is 0.874. The van der Waals surface area contributed by atoms with E-state index < -0.39 is 0 Å². The van der Waals surface area contributed by atoms with E-state index >= 15 is 0 Å². The second-order valence-corrected chi connectivity index (χ2v) is 7.27. The summed E-state index contributed by atoms with van der Waals surface area (Å²) in [5.74, 6) is 0.794. The Morgan fingerprint density at radius 3 is 1.41 bits per heavy atom.